The summed E-state index contributed by atoms with van der Waals surface area (Å²) in [5.74, 6) is 2.56. The summed E-state index contributed by atoms with van der Waals surface area (Å²) in [6, 6.07) is 10.3. The van der Waals surface area contributed by atoms with Crippen LogP contribution in [0.25, 0.3) is 0 Å². The van der Waals surface area contributed by atoms with Gasteiger partial charge in [0, 0.05) is 5.41 Å². The molecule has 4 aliphatic rings. The summed E-state index contributed by atoms with van der Waals surface area (Å²) >= 11 is 5.69. The number of hydrogen-bond donors (Lipinski definition) is 1. The molecule has 0 unspecified atom stereocenters. The first-order chi connectivity index (χ1) is 13.0. The Kier molecular flexibility index (Phi) is 4.00. The van der Waals surface area contributed by atoms with Gasteiger partial charge in [0.05, 0.1) is 6.54 Å². The van der Waals surface area contributed by atoms with E-state index in [1.54, 1.807) is 0 Å². The van der Waals surface area contributed by atoms with Crippen LogP contribution in [-0.2, 0) is 23.3 Å². The lowest BCUT2D eigenvalue weighted by atomic mass is 9.49. The van der Waals surface area contributed by atoms with E-state index in [0.717, 1.165) is 23.6 Å². The van der Waals surface area contributed by atoms with Gasteiger partial charge in [0.25, 0.3) is 0 Å². The standard InChI is InChI=1S/C21H25N3O2S/c25-18(26)13-24-20(27)23(12-14-4-2-1-3-5-14)19(22-24)21-9-15-6-16(10-21)8-17(7-15)11-21/h1-5,15-17H,6-13H2,(H,25,26). The van der Waals surface area contributed by atoms with Crippen LogP contribution in [0.1, 0.15) is 49.9 Å². The van der Waals surface area contributed by atoms with Gasteiger partial charge in [-0.15, -0.1) is 0 Å². The van der Waals surface area contributed by atoms with Crippen LogP contribution < -0.4 is 0 Å². The summed E-state index contributed by atoms with van der Waals surface area (Å²) in [6.07, 6.45) is 7.67. The maximum absolute atomic E-state index is 11.3. The SMILES string of the molecule is O=C(O)Cn1nc(C23CC4CC(CC(C4)C2)C3)n(Cc2ccccc2)c1=S. The Bertz CT molecular complexity index is 895. The Morgan fingerprint density at radius 1 is 1.11 bits per heavy atom. The van der Waals surface area contributed by atoms with Crippen molar-refractivity contribution in [3.8, 4) is 0 Å². The third kappa shape index (κ3) is 2.94. The van der Waals surface area contributed by atoms with Crippen LogP contribution in [0.3, 0.4) is 0 Å². The second kappa shape index (κ2) is 6.30. The number of carboxylic acids is 1. The molecule has 5 nitrogen and oxygen atoms in total. The molecule has 4 fully saturated rings. The molecule has 27 heavy (non-hydrogen) atoms. The lowest BCUT2D eigenvalue weighted by Crippen LogP contribution is -2.49. The maximum Gasteiger partial charge on any atom is 0.325 e. The maximum atomic E-state index is 11.3. The molecule has 6 heteroatoms. The average Bonchev–Trinajstić information content (AvgIpc) is 2.91. The van der Waals surface area contributed by atoms with Crippen molar-refractivity contribution in [2.75, 3.05) is 0 Å². The number of carboxylic acid groups (broad SMARTS) is 1. The van der Waals surface area contributed by atoms with Crippen LogP contribution in [0, 0.1) is 22.5 Å². The Morgan fingerprint density at radius 2 is 1.70 bits per heavy atom. The molecule has 1 N–H and O–H groups in total. The fraction of sp³-hybridized carbons (Fsp3) is 0.571. The van der Waals surface area contributed by atoms with Crippen molar-refractivity contribution < 1.29 is 9.90 Å². The molecule has 0 spiro atoms. The Labute approximate surface area is 164 Å². The summed E-state index contributed by atoms with van der Waals surface area (Å²) in [4.78, 5) is 11.3. The van der Waals surface area contributed by atoms with E-state index in [1.165, 1.54) is 48.8 Å². The second-order valence-electron chi connectivity index (χ2n) is 8.93. The predicted octanol–water partition coefficient (Wildman–Crippen LogP) is 4.01. The Balaban J connectivity index is 1.60. The van der Waals surface area contributed by atoms with Gasteiger partial charge in [0.2, 0.25) is 0 Å². The van der Waals surface area contributed by atoms with E-state index in [-0.39, 0.29) is 12.0 Å². The lowest BCUT2D eigenvalue weighted by Gasteiger charge is -2.56. The lowest BCUT2D eigenvalue weighted by molar-refractivity contribution is -0.137. The summed E-state index contributed by atoms with van der Waals surface area (Å²) in [6.45, 7) is 0.496. The molecule has 0 radical (unpaired) electrons. The smallest absolute Gasteiger partial charge is 0.325 e. The van der Waals surface area contributed by atoms with Crippen LogP contribution in [0.15, 0.2) is 30.3 Å². The van der Waals surface area contributed by atoms with Gasteiger partial charge in [-0.05, 0) is 74.1 Å². The van der Waals surface area contributed by atoms with Crippen LogP contribution in [0.2, 0.25) is 0 Å². The van der Waals surface area contributed by atoms with Crippen molar-refractivity contribution in [3.63, 3.8) is 0 Å². The number of aromatic nitrogens is 3. The van der Waals surface area contributed by atoms with Gasteiger partial charge in [-0.3, -0.25) is 9.36 Å². The summed E-state index contributed by atoms with van der Waals surface area (Å²) in [5.41, 5.74) is 1.26. The molecule has 1 heterocycles. The highest BCUT2D eigenvalue weighted by Gasteiger charge is 2.54. The van der Waals surface area contributed by atoms with Crippen LogP contribution in [0.4, 0.5) is 0 Å². The minimum absolute atomic E-state index is 0.0842. The number of hydrogen-bond acceptors (Lipinski definition) is 3. The first kappa shape index (κ1) is 17.2. The van der Waals surface area contributed by atoms with Crippen LogP contribution in [0.5, 0.6) is 0 Å². The molecular weight excluding hydrogens is 358 g/mol. The second-order valence-corrected chi connectivity index (χ2v) is 9.29. The molecular formula is C21H25N3O2S. The van der Waals surface area contributed by atoms with Crippen LogP contribution in [-0.4, -0.2) is 25.4 Å². The number of rotatable bonds is 5. The zero-order valence-electron chi connectivity index (χ0n) is 15.4. The largest absolute Gasteiger partial charge is 0.480 e. The van der Waals surface area contributed by atoms with Gasteiger partial charge in [0.15, 0.2) is 4.77 Å². The molecule has 142 valence electrons. The fourth-order valence-electron chi connectivity index (χ4n) is 6.36. The molecule has 2 aromatic rings. The highest BCUT2D eigenvalue weighted by molar-refractivity contribution is 7.71. The minimum atomic E-state index is -0.896. The van der Waals surface area contributed by atoms with Crippen molar-refractivity contribution in [1.29, 1.82) is 0 Å². The van der Waals surface area contributed by atoms with E-state index in [9.17, 15) is 9.90 Å². The minimum Gasteiger partial charge on any atom is -0.480 e. The van der Waals surface area contributed by atoms with Crippen molar-refractivity contribution in [1.82, 2.24) is 14.3 Å². The zero-order chi connectivity index (χ0) is 18.6. The van der Waals surface area contributed by atoms with Crippen molar-refractivity contribution in [2.45, 2.75) is 57.0 Å². The highest BCUT2D eigenvalue weighted by atomic mass is 32.1. The van der Waals surface area contributed by atoms with E-state index >= 15 is 0 Å². The number of carbonyl (C=O) groups is 1. The van der Waals surface area contributed by atoms with Crippen molar-refractivity contribution in [3.05, 3.63) is 46.5 Å². The molecule has 0 amide bonds. The van der Waals surface area contributed by atoms with Crippen molar-refractivity contribution >= 4 is 18.2 Å². The Hall–Kier alpha value is -1.95. The third-order valence-corrected chi connectivity index (χ3v) is 7.34. The normalized spacial score (nSPS) is 31.3. The molecule has 0 saturated heterocycles. The topological polar surface area (TPSA) is 60.0 Å². The number of aliphatic carboxylic acids is 1. The Morgan fingerprint density at radius 3 is 2.26 bits per heavy atom. The molecule has 1 aromatic heterocycles. The summed E-state index contributed by atoms with van der Waals surface area (Å²) in [7, 11) is 0. The molecule has 0 aliphatic heterocycles. The van der Waals surface area contributed by atoms with E-state index in [1.807, 2.05) is 18.2 Å². The highest BCUT2D eigenvalue weighted by Crippen LogP contribution is 2.60. The molecule has 1 aromatic carbocycles. The van der Waals surface area contributed by atoms with Gasteiger partial charge < -0.3 is 5.11 Å². The predicted molar refractivity (Wildman–Crippen MR) is 104 cm³/mol. The summed E-state index contributed by atoms with van der Waals surface area (Å²) < 4.78 is 4.18. The monoisotopic (exact) mass is 383 g/mol. The first-order valence-electron chi connectivity index (χ1n) is 9.96. The molecule has 4 aliphatic carbocycles. The molecule has 6 rings (SSSR count). The van der Waals surface area contributed by atoms with E-state index < -0.39 is 5.97 Å². The third-order valence-electron chi connectivity index (χ3n) is 6.90. The quantitative estimate of drug-likeness (QED) is 0.793. The zero-order valence-corrected chi connectivity index (χ0v) is 16.2. The summed E-state index contributed by atoms with van der Waals surface area (Å²) in [5, 5.41) is 14.1. The van der Waals surface area contributed by atoms with Crippen molar-refractivity contribution in [2.24, 2.45) is 17.8 Å². The molecule has 4 bridgehead atoms. The number of benzene rings is 1. The average molecular weight is 384 g/mol. The van der Waals surface area contributed by atoms with E-state index in [0.29, 0.717) is 11.3 Å². The van der Waals surface area contributed by atoms with Gasteiger partial charge in [-0.1, -0.05) is 30.3 Å². The first-order valence-corrected chi connectivity index (χ1v) is 10.4. The van der Waals surface area contributed by atoms with Gasteiger partial charge in [0.1, 0.15) is 12.4 Å². The van der Waals surface area contributed by atoms with E-state index in [2.05, 4.69) is 16.7 Å². The number of nitrogens with zero attached hydrogens (tertiary/aromatic N) is 3. The fourth-order valence-corrected chi connectivity index (χ4v) is 6.61. The van der Waals surface area contributed by atoms with Gasteiger partial charge >= 0.3 is 5.97 Å². The van der Waals surface area contributed by atoms with E-state index in [4.69, 9.17) is 17.3 Å². The molecule has 4 saturated carbocycles. The van der Waals surface area contributed by atoms with Gasteiger partial charge in [-0.2, -0.15) is 5.10 Å². The molecule has 0 atom stereocenters. The van der Waals surface area contributed by atoms with Gasteiger partial charge in [-0.25, -0.2) is 4.68 Å². The van der Waals surface area contributed by atoms with Crippen LogP contribution >= 0.6 is 12.2 Å².